The molecule has 0 fully saturated rings. The first-order chi connectivity index (χ1) is 7.27. The predicted molar refractivity (Wildman–Crippen MR) is 70.1 cm³/mol. The molecular weight excluding hydrogens is 250 g/mol. The molecule has 15 heavy (non-hydrogen) atoms. The van der Waals surface area contributed by atoms with Gasteiger partial charge in [-0.25, -0.2) is 0 Å². The Morgan fingerprint density at radius 2 is 2.20 bits per heavy atom. The van der Waals surface area contributed by atoms with E-state index in [2.05, 4.69) is 52.9 Å². The molecule has 0 heterocycles. The molecule has 0 aliphatic heterocycles. The molecule has 0 aromatic heterocycles. The van der Waals surface area contributed by atoms with Gasteiger partial charge in [-0.05, 0) is 31.0 Å². The van der Waals surface area contributed by atoms with Crippen molar-refractivity contribution in [2.24, 2.45) is 0 Å². The maximum atomic E-state index is 3.80. The minimum Gasteiger partial charge on any atom is -0.314 e. The number of hydrogen-bond donors (Lipinski definition) is 1. The van der Waals surface area contributed by atoms with Gasteiger partial charge in [-0.3, -0.25) is 0 Å². The Morgan fingerprint density at radius 3 is 2.80 bits per heavy atom. The molecule has 2 heteroatoms. The summed E-state index contributed by atoms with van der Waals surface area (Å²) < 4.78 is 1.19. The van der Waals surface area contributed by atoms with E-state index in [4.69, 9.17) is 0 Å². The van der Waals surface area contributed by atoms with Crippen LogP contribution in [0.4, 0.5) is 0 Å². The first-order valence-electron chi connectivity index (χ1n) is 5.35. The average molecular weight is 268 g/mol. The molecule has 0 saturated heterocycles. The first-order valence-corrected chi connectivity index (χ1v) is 6.15. The molecule has 0 spiro atoms. The summed E-state index contributed by atoms with van der Waals surface area (Å²) in [6.07, 6.45) is 4.03. The van der Waals surface area contributed by atoms with Gasteiger partial charge in [0, 0.05) is 10.5 Å². The van der Waals surface area contributed by atoms with Gasteiger partial charge < -0.3 is 5.32 Å². The molecule has 0 saturated carbocycles. The van der Waals surface area contributed by atoms with Crippen LogP contribution in [-0.2, 0) is 6.42 Å². The third kappa shape index (κ3) is 4.18. The van der Waals surface area contributed by atoms with Crippen molar-refractivity contribution < 1.29 is 0 Å². The lowest BCUT2D eigenvalue weighted by Gasteiger charge is -2.16. The number of rotatable bonds is 6. The summed E-state index contributed by atoms with van der Waals surface area (Å²) in [7, 11) is 0. The minimum atomic E-state index is 0.492. The van der Waals surface area contributed by atoms with Crippen LogP contribution in [0, 0.1) is 0 Å². The fraction of sp³-hybridized carbons (Fsp3) is 0.385. The molecule has 0 radical (unpaired) electrons. The van der Waals surface area contributed by atoms with Gasteiger partial charge in [-0.2, -0.15) is 0 Å². The van der Waals surface area contributed by atoms with Crippen LogP contribution in [0.5, 0.6) is 0 Å². The molecule has 1 rings (SSSR count). The highest BCUT2D eigenvalue weighted by Gasteiger charge is 2.08. The van der Waals surface area contributed by atoms with Gasteiger partial charge >= 0.3 is 0 Å². The zero-order valence-electron chi connectivity index (χ0n) is 9.17. The van der Waals surface area contributed by atoms with Gasteiger partial charge in [0.15, 0.2) is 0 Å². The molecule has 1 unspecified atom stereocenters. The van der Waals surface area contributed by atoms with E-state index in [0.29, 0.717) is 6.04 Å². The van der Waals surface area contributed by atoms with E-state index in [-0.39, 0.29) is 0 Å². The molecule has 0 bridgehead atoms. The van der Waals surface area contributed by atoms with Crippen molar-refractivity contribution in [2.45, 2.75) is 25.8 Å². The van der Waals surface area contributed by atoms with Crippen molar-refractivity contribution in [1.29, 1.82) is 0 Å². The minimum absolute atomic E-state index is 0.492. The number of halogens is 1. The van der Waals surface area contributed by atoms with Crippen LogP contribution in [-0.4, -0.2) is 12.6 Å². The summed E-state index contributed by atoms with van der Waals surface area (Å²) in [6, 6.07) is 8.87. The average Bonchev–Trinajstić information content (AvgIpc) is 2.22. The number of benzene rings is 1. The van der Waals surface area contributed by atoms with Crippen molar-refractivity contribution in [3.63, 3.8) is 0 Å². The molecule has 82 valence electrons. The standard InChI is InChI=1S/C13H18BrN/c1-3-7-12(15-4-2)10-11-8-5-6-9-13(11)14/h3,5-6,8-9,12,15H,1,4,7,10H2,2H3. The molecule has 1 N–H and O–H groups in total. The third-order valence-electron chi connectivity index (χ3n) is 2.37. The summed E-state index contributed by atoms with van der Waals surface area (Å²) >= 11 is 3.57. The number of nitrogens with one attached hydrogen (secondary N) is 1. The Labute approximate surface area is 101 Å². The van der Waals surface area contributed by atoms with Gasteiger partial charge in [-0.1, -0.05) is 47.1 Å². The van der Waals surface area contributed by atoms with E-state index in [1.165, 1.54) is 10.0 Å². The first kappa shape index (κ1) is 12.5. The van der Waals surface area contributed by atoms with E-state index in [1.807, 2.05) is 12.1 Å². The lowest BCUT2D eigenvalue weighted by atomic mass is 10.0. The summed E-state index contributed by atoms with van der Waals surface area (Å²) in [5.41, 5.74) is 1.35. The van der Waals surface area contributed by atoms with E-state index in [9.17, 15) is 0 Å². The lowest BCUT2D eigenvalue weighted by Crippen LogP contribution is -2.30. The molecule has 0 amide bonds. The van der Waals surface area contributed by atoms with Crippen molar-refractivity contribution in [3.05, 3.63) is 47.0 Å². The number of hydrogen-bond acceptors (Lipinski definition) is 1. The number of likely N-dealkylation sites (N-methyl/N-ethyl adjacent to an activating group) is 1. The van der Waals surface area contributed by atoms with Crippen LogP contribution in [0.25, 0.3) is 0 Å². The fourth-order valence-corrected chi connectivity index (χ4v) is 2.10. The molecule has 1 aromatic rings. The van der Waals surface area contributed by atoms with Crippen LogP contribution in [0.15, 0.2) is 41.4 Å². The van der Waals surface area contributed by atoms with Crippen molar-refractivity contribution in [2.75, 3.05) is 6.54 Å². The van der Waals surface area contributed by atoms with Crippen molar-refractivity contribution in [3.8, 4) is 0 Å². The van der Waals surface area contributed by atoms with Crippen LogP contribution in [0.3, 0.4) is 0 Å². The Morgan fingerprint density at radius 1 is 1.47 bits per heavy atom. The normalized spacial score (nSPS) is 12.4. The zero-order valence-corrected chi connectivity index (χ0v) is 10.8. The van der Waals surface area contributed by atoms with Gasteiger partial charge in [0.05, 0.1) is 0 Å². The van der Waals surface area contributed by atoms with Gasteiger partial charge in [-0.15, -0.1) is 6.58 Å². The van der Waals surface area contributed by atoms with Crippen LogP contribution in [0.1, 0.15) is 18.9 Å². The maximum absolute atomic E-state index is 3.80. The fourth-order valence-electron chi connectivity index (χ4n) is 1.66. The predicted octanol–water partition coefficient (Wildman–Crippen LogP) is 3.55. The molecule has 1 aromatic carbocycles. The SMILES string of the molecule is C=CCC(Cc1ccccc1Br)NCC. The van der Waals surface area contributed by atoms with E-state index >= 15 is 0 Å². The zero-order chi connectivity index (χ0) is 11.1. The lowest BCUT2D eigenvalue weighted by molar-refractivity contribution is 0.529. The van der Waals surface area contributed by atoms with Gasteiger partial charge in [0.1, 0.15) is 0 Å². The second-order valence-electron chi connectivity index (χ2n) is 3.57. The largest absolute Gasteiger partial charge is 0.314 e. The Bertz CT molecular complexity index is 309. The smallest absolute Gasteiger partial charge is 0.0207 e. The third-order valence-corrected chi connectivity index (χ3v) is 3.14. The molecule has 0 aliphatic rings. The highest BCUT2D eigenvalue weighted by atomic mass is 79.9. The second kappa shape index (κ2) is 6.81. The Hall–Kier alpha value is -0.600. The van der Waals surface area contributed by atoms with Crippen LogP contribution < -0.4 is 5.32 Å². The second-order valence-corrected chi connectivity index (χ2v) is 4.43. The molecule has 0 aliphatic carbocycles. The molecule has 1 nitrogen and oxygen atoms in total. The van der Waals surface area contributed by atoms with Gasteiger partial charge in [0.25, 0.3) is 0 Å². The molecular formula is C13H18BrN. The Balaban J connectivity index is 2.64. The summed E-state index contributed by atoms with van der Waals surface area (Å²) in [5.74, 6) is 0. The highest BCUT2D eigenvalue weighted by molar-refractivity contribution is 9.10. The topological polar surface area (TPSA) is 12.0 Å². The monoisotopic (exact) mass is 267 g/mol. The van der Waals surface area contributed by atoms with Gasteiger partial charge in [0.2, 0.25) is 0 Å². The summed E-state index contributed by atoms with van der Waals surface area (Å²) in [5, 5.41) is 3.47. The quantitative estimate of drug-likeness (QED) is 0.778. The van der Waals surface area contributed by atoms with E-state index in [0.717, 1.165) is 19.4 Å². The summed E-state index contributed by atoms with van der Waals surface area (Å²) in [6.45, 7) is 6.93. The van der Waals surface area contributed by atoms with E-state index in [1.54, 1.807) is 0 Å². The van der Waals surface area contributed by atoms with Crippen molar-refractivity contribution >= 4 is 15.9 Å². The highest BCUT2D eigenvalue weighted by Crippen LogP contribution is 2.18. The Kier molecular flexibility index (Phi) is 5.66. The maximum Gasteiger partial charge on any atom is 0.0207 e. The summed E-state index contributed by atoms with van der Waals surface area (Å²) in [4.78, 5) is 0. The van der Waals surface area contributed by atoms with Crippen LogP contribution in [0.2, 0.25) is 0 Å². The van der Waals surface area contributed by atoms with Crippen molar-refractivity contribution in [1.82, 2.24) is 5.32 Å². The van der Waals surface area contributed by atoms with Crippen LogP contribution >= 0.6 is 15.9 Å². The molecule has 1 atom stereocenters. The van der Waals surface area contributed by atoms with E-state index < -0.39 is 0 Å².